The van der Waals surface area contributed by atoms with Crippen LogP contribution in [0.15, 0.2) is 157 Å². The molecular formula is C53H38F12N4O9S. The van der Waals surface area contributed by atoms with Gasteiger partial charge in [-0.05, 0) is 138 Å². The van der Waals surface area contributed by atoms with Gasteiger partial charge in [0.05, 0.1) is 22.0 Å². The number of sulfonamides is 1. The average molecular weight is 1130 g/mol. The summed E-state index contributed by atoms with van der Waals surface area (Å²) >= 11 is 0. The van der Waals surface area contributed by atoms with E-state index in [2.05, 4.69) is 16.0 Å². The minimum absolute atomic E-state index is 0.0100. The van der Waals surface area contributed by atoms with E-state index in [9.17, 15) is 64.5 Å². The van der Waals surface area contributed by atoms with Crippen LogP contribution in [-0.2, 0) is 25.6 Å². The standard InChI is InChI=1S/C53H38F12N4O9S/c1-28-6-19-39(20-7-28)79(76,77)69-42-27-35(14-23-45(42)73)49(52(60,61)62,53(63,64)65)34-13-22-44(72)41(26-34)68-47(75)31-10-17-38(18-11-31)78-37-15-8-30(9-16-37)46(74)67-40-25-33(12-21-43(40)71)48(50(54,55)56,51(57,58)59)32-4-3-5-36(24-32)66-29(2)70/h3-27,69,71-73H,1-2H3,(H,66,70)(H,67,74)(H,68,75). The Morgan fingerprint density at radius 3 is 1.20 bits per heavy atom. The molecule has 0 unspecified atom stereocenters. The molecule has 0 saturated carbocycles. The molecule has 0 spiro atoms. The topological polar surface area (TPSA) is 203 Å². The minimum Gasteiger partial charge on any atom is -0.506 e. The third-order valence-electron chi connectivity index (χ3n) is 12.1. The monoisotopic (exact) mass is 1130 g/mol. The first kappa shape index (κ1) is 57.8. The first-order chi connectivity index (χ1) is 36.7. The second-order valence-corrected chi connectivity index (χ2v) is 19.1. The van der Waals surface area contributed by atoms with Gasteiger partial charge in [-0.2, -0.15) is 52.7 Å². The molecule has 13 nitrogen and oxygen atoms in total. The molecule has 0 radical (unpaired) electrons. The van der Waals surface area contributed by atoms with Crippen molar-refractivity contribution in [3.8, 4) is 28.7 Å². The van der Waals surface area contributed by atoms with Gasteiger partial charge in [0.25, 0.3) is 21.8 Å². The molecule has 0 aliphatic heterocycles. The number of aromatic hydroxyl groups is 3. The van der Waals surface area contributed by atoms with Gasteiger partial charge in [0.2, 0.25) is 16.7 Å². The van der Waals surface area contributed by atoms with Gasteiger partial charge in [-0.1, -0.05) is 48.0 Å². The first-order valence-electron chi connectivity index (χ1n) is 22.5. The highest BCUT2D eigenvalue weighted by Crippen LogP contribution is 2.59. The summed E-state index contributed by atoms with van der Waals surface area (Å²) in [4.78, 5) is 37.8. The third kappa shape index (κ3) is 11.4. The number of carbonyl (C=O) groups excluding carboxylic acids is 3. The molecule has 26 heteroatoms. The molecular weight excluding hydrogens is 1100 g/mol. The Hall–Kier alpha value is -8.94. The Bertz CT molecular complexity index is 3540. The van der Waals surface area contributed by atoms with Gasteiger partial charge < -0.3 is 36.0 Å². The number of benzene rings is 7. The van der Waals surface area contributed by atoms with E-state index in [0.717, 1.165) is 55.5 Å². The van der Waals surface area contributed by atoms with Crippen LogP contribution in [0.25, 0.3) is 0 Å². The number of phenols is 3. The van der Waals surface area contributed by atoms with Gasteiger partial charge in [-0.3, -0.25) is 19.1 Å². The van der Waals surface area contributed by atoms with E-state index >= 15 is 26.3 Å². The maximum atomic E-state index is 15.2. The van der Waals surface area contributed by atoms with Gasteiger partial charge in [-0.15, -0.1) is 0 Å². The normalized spacial score (nSPS) is 12.6. The summed E-state index contributed by atoms with van der Waals surface area (Å²) in [7, 11) is -4.69. The van der Waals surface area contributed by atoms with Crippen molar-refractivity contribution in [2.75, 3.05) is 20.7 Å². The predicted molar refractivity (Wildman–Crippen MR) is 262 cm³/mol. The van der Waals surface area contributed by atoms with Crippen LogP contribution in [0.5, 0.6) is 28.7 Å². The van der Waals surface area contributed by atoms with Gasteiger partial charge >= 0.3 is 24.7 Å². The van der Waals surface area contributed by atoms with Crippen molar-refractivity contribution in [1.82, 2.24) is 0 Å². The Kier molecular flexibility index (Phi) is 15.4. The minimum atomic E-state index is -6.26. The number of carbonyl (C=O) groups is 3. The van der Waals surface area contributed by atoms with Crippen molar-refractivity contribution in [1.29, 1.82) is 0 Å². The van der Waals surface area contributed by atoms with Crippen molar-refractivity contribution in [3.05, 3.63) is 191 Å². The van der Waals surface area contributed by atoms with E-state index in [1.807, 2.05) is 4.72 Å². The second kappa shape index (κ2) is 21.1. The summed E-state index contributed by atoms with van der Waals surface area (Å²) in [5, 5.41) is 37.8. The van der Waals surface area contributed by atoms with Crippen molar-refractivity contribution >= 4 is 50.5 Å². The summed E-state index contributed by atoms with van der Waals surface area (Å²) in [6.45, 7) is 2.60. The molecule has 0 aliphatic carbocycles. The predicted octanol–water partition coefficient (Wildman–Crippen LogP) is 13.0. The number of phenolic OH excluding ortho intramolecular Hbond substituents is 3. The first-order valence-corrected chi connectivity index (χ1v) is 23.9. The second-order valence-electron chi connectivity index (χ2n) is 17.4. The van der Waals surface area contributed by atoms with Crippen LogP contribution in [0.4, 0.5) is 75.4 Å². The van der Waals surface area contributed by atoms with Crippen molar-refractivity contribution < 1.29 is 95.5 Å². The number of hydrogen-bond acceptors (Lipinski definition) is 9. The lowest BCUT2D eigenvalue weighted by atomic mass is 9.72. The molecule has 0 saturated heterocycles. The Labute approximate surface area is 439 Å². The van der Waals surface area contributed by atoms with E-state index in [1.165, 1.54) is 36.4 Å². The summed E-state index contributed by atoms with van der Waals surface area (Å²) < 4.78 is 214. The summed E-state index contributed by atoms with van der Waals surface area (Å²) in [6, 6.07) is 20.0. The SMILES string of the molecule is CC(=O)Nc1cccc(C(c2ccc(O)c(NC(=O)c3ccc(Oc4ccc(C(=O)Nc5cc(C(c6ccc(O)c(NS(=O)(=O)c7ccc(C)cc7)c6)(C(F)(F)F)C(F)(F)F)ccc5O)cc4)cc3)c2)(C(F)(F)F)C(F)(F)F)c1. The number of alkyl halides is 12. The number of rotatable bonds is 14. The van der Waals surface area contributed by atoms with Crippen LogP contribution in [0.3, 0.4) is 0 Å². The van der Waals surface area contributed by atoms with E-state index < -0.39 is 125 Å². The highest BCUT2D eigenvalue weighted by atomic mass is 32.2. The van der Waals surface area contributed by atoms with Crippen LogP contribution in [-0.4, -0.2) is 66.2 Å². The average Bonchev–Trinajstić information content (AvgIpc) is 3.25. The van der Waals surface area contributed by atoms with E-state index in [-0.39, 0.29) is 52.6 Å². The largest absolute Gasteiger partial charge is 0.506 e. The zero-order valence-corrected chi connectivity index (χ0v) is 41.0. The van der Waals surface area contributed by atoms with E-state index in [0.29, 0.717) is 48.0 Å². The van der Waals surface area contributed by atoms with Crippen LogP contribution < -0.4 is 25.4 Å². The molecule has 7 aromatic rings. The molecule has 3 amide bonds. The fraction of sp³-hybridized carbons (Fsp3) is 0.151. The molecule has 0 heterocycles. The Morgan fingerprint density at radius 2 is 0.823 bits per heavy atom. The molecule has 7 rings (SSSR count). The number of anilines is 4. The van der Waals surface area contributed by atoms with Gasteiger partial charge in [0.1, 0.15) is 28.7 Å². The Balaban J connectivity index is 1.09. The van der Waals surface area contributed by atoms with Crippen molar-refractivity contribution in [2.24, 2.45) is 0 Å². The molecule has 0 atom stereocenters. The van der Waals surface area contributed by atoms with E-state index in [4.69, 9.17) is 4.74 Å². The maximum Gasteiger partial charge on any atom is 0.411 e. The molecule has 0 aromatic heterocycles. The molecule has 0 fully saturated rings. The quantitative estimate of drug-likeness (QED) is 0.0408. The molecule has 79 heavy (non-hydrogen) atoms. The summed E-state index contributed by atoms with van der Waals surface area (Å²) in [6.07, 6.45) is -24.7. The number of aryl methyl sites for hydroxylation is 1. The van der Waals surface area contributed by atoms with Crippen LogP contribution in [0.1, 0.15) is 55.5 Å². The molecule has 0 bridgehead atoms. The lowest BCUT2D eigenvalue weighted by Crippen LogP contribution is -2.54. The number of ether oxygens (including phenoxy) is 1. The third-order valence-corrected chi connectivity index (χ3v) is 13.5. The summed E-state index contributed by atoms with van der Waals surface area (Å²) in [5.74, 6) is -6.05. The lowest BCUT2D eigenvalue weighted by molar-refractivity contribution is -0.290. The molecule has 414 valence electrons. The molecule has 7 aromatic carbocycles. The fourth-order valence-corrected chi connectivity index (χ4v) is 9.45. The zero-order chi connectivity index (χ0) is 58.3. The van der Waals surface area contributed by atoms with Crippen LogP contribution in [0.2, 0.25) is 0 Å². The Morgan fingerprint density at radius 1 is 0.456 bits per heavy atom. The highest BCUT2D eigenvalue weighted by Gasteiger charge is 2.74. The maximum absolute atomic E-state index is 15.2. The molecule has 0 aliphatic rings. The van der Waals surface area contributed by atoms with Gasteiger partial charge in [0.15, 0.2) is 0 Å². The van der Waals surface area contributed by atoms with Gasteiger partial charge in [0, 0.05) is 23.7 Å². The van der Waals surface area contributed by atoms with Crippen LogP contribution >= 0.6 is 0 Å². The number of hydrogen-bond donors (Lipinski definition) is 7. The smallest absolute Gasteiger partial charge is 0.411 e. The number of nitrogens with one attached hydrogen (secondary N) is 4. The highest BCUT2D eigenvalue weighted by molar-refractivity contribution is 7.92. The van der Waals surface area contributed by atoms with Crippen LogP contribution in [0, 0.1) is 6.92 Å². The van der Waals surface area contributed by atoms with E-state index in [1.54, 1.807) is 6.92 Å². The number of amides is 3. The molecule has 7 N–H and O–H groups in total. The van der Waals surface area contributed by atoms with Gasteiger partial charge in [-0.25, -0.2) is 8.42 Å². The van der Waals surface area contributed by atoms with Crippen molar-refractivity contribution in [3.63, 3.8) is 0 Å². The summed E-state index contributed by atoms with van der Waals surface area (Å²) in [5.41, 5.74) is -18.9. The lowest BCUT2D eigenvalue weighted by Gasteiger charge is -2.38. The number of halogens is 12. The fourth-order valence-electron chi connectivity index (χ4n) is 8.38. The zero-order valence-electron chi connectivity index (χ0n) is 40.2. The van der Waals surface area contributed by atoms with Crippen molar-refractivity contribution in [2.45, 2.75) is 54.3 Å².